The highest BCUT2D eigenvalue weighted by Crippen LogP contribution is 2.33. The molecule has 0 spiro atoms. The highest BCUT2D eigenvalue weighted by Gasteiger charge is 2.30. The number of sulfonamides is 1. The van der Waals surface area contributed by atoms with E-state index in [-0.39, 0.29) is 23.4 Å². The van der Waals surface area contributed by atoms with Crippen LogP contribution >= 0.6 is 0 Å². The molecule has 0 aromatic heterocycles. The van der Waals surface area contributed by atoms with Crippen molar-refractivity contribution in [3.05, 3.63) is 59.2 Å². The molecule has 0 fully saturated rings. The Morgan fingerprint density at radius 2 is 1.96 bits per heavy atom. The zero-order valence-corrected chi connectivity index (χ0v) is 16.5. The maximum absolute atomic E-state index is 12.7. The van der Waals surface area contributed by atoms with Gasteiger partial charge in [-0.15, -0.1) is 0 Å². The number of carbonyl (C=O) groups is 1. The molecule has 0 saturated heterocycles. The van der Waals surface area contributed by atoms with Crippen LogP contribution in [0.25, 0.3) is 0 Å². The smallest absolute Gasteiger partial charge is 0.240 e. The van der Waals surface area contributed by atoms with Crippen molar-refractivity contribution in [3.8, 4) is 0 Å². The first kappa shape index (κ1) is 19.5. The number of rotatable bonds is 6. The van der Waals surface area contributed by atoms with E-state index in [2.05, 4.69) is 4.72 Å². The molecule has 3 rings (SSSR count). The van der Waals surface area contributed by atoms with Gasteiger partial charge in [0.15, 0.2) is 0 Å². The van der Waals surface area contributed by atoms with Crippen LogP contribution in [0.4, 0.5) is 5.69 Å². The first-order chi connectivity index (χ1) is 12.8. The van der Waals surface area contributed by atoms with E-state index in [9.17, 15) is 13.2 Å². The summed E-state index contributed by atoms with van der Waals surface area (Å²) >= 11 is 0. The number of fused-ring (bicyclic) bond motifs is 1. The van der Waals surface area contributed by atoms with Gasteiger partial charge in [-0.2, -0.15) is 0 Å². The molecule has 1 unspecified atom stereocenters. The van der Waals surface area contributed by atoms with Crippen LogP contribution in [0.2, 0.25) is 0 Å². The Morgan fingerprint density at radius 3 is 2.67 bits per heavy atom. The fourth-order valence-electron chi connectivity index (χ4n) is 3.51. The van der Waals surface area contributed by atoms with Gasteiger partial charge in [-0.25, -0.2) is 13.1 Å². The van der Waals surface area contributed by atoms with Crippen molar-refractivity contribution in [3.63, 3.8) is 0 Å². The monoisotopic (exact) mass is 388 g/mol. The second-order valence-electron chi connectivity index (χ2n) is 6.81. The van der Waals surface area contributed by atoms with Crippen molar-refractivity contribution in [1.82, 2.24) is 4.72 Å². The number of benzene rings is 2. The Kier molecular flexibility index (Phi) is 5.64. The molecule has 27 heavy (non-hydrogen) atoms. The molecular weight excluding hydrogens is 364 g/mol. The van der Waals surface area contributed by atoms with Crippen molar-refractivity contribution in [2.24, 2.45) is 0 Å². The molecule has 0 aliphatic carbocycles. The first-order valence-electron chi connectivity index (χ1n) is 8.81. The van der Waals surface area contributed by atoms with Crippen LogP contribution in [-0.2, 0) is 39.1 Å². The number of anilines is 1. The van der Waals surface area contributed by atoms with Gasteiger partial charge in [-0.05, 0) is 48.2 Å². The second-order valence-corrected chi connectivity index (χ2v) is 8.58. The number of carbonyl (C=O) groups excluding carboxylic acids is 1. The molecule has 7 heteroatoms. The van der Waals surface area contributed by atoms with Gasteiger partial charge < -0.3 is 9.64 Å². The van der Waals surface area contributed by atoms with E-state index in [0.29, 0.717) is 13.0 Å². The molecule has 0 radical (unpaired) electrons. The van der Waals surface area contributed by atoms with Gasteiger partial charge in [0.2, 0.25) is 15.9 Å². The van der Waals surface area contributed by atoms with Crippen LogP contribution in [0.5, 0.6) is 0 Å². The number of hydrogen-bond acceptors (Lipinski definition) is 4. The summed E-state index contributed by atoms with van der Waals surface area (Å²) in [6, 6.07) is 12.6. The van der Waals surface area contributed by atoms with Gasteiger partial charge in [-0.3, -0.25) is 4.79 Å². The zero-order chi connectivity index (χ0) is 19.6. The topological polar surface area (TPSA) is 75.7 Å². The summed E-state index contributed by atoms with van der Waals surface area (Å²) in [5, 5.41) is 0. The summed E-state index contributed by atoms with van der Waals surface area (Å²) in [6.45, 7) is 4.17. The standard InChI is InChI=1S/C20H24N2O4S/c1-14-9-18-11-19(7-8-20(18)22(14)15(2)23)27(24,25)21-12-16-5-4-6-17(10-16)13-26-3/h4-8,10-11,14,21H,9,12-13H2,1-3H3. The number of hydrogen-bond donors (Lipinski definition) is 1. The average molecular weight is 388 g/mol. The highest BCUT2D eigenvalue weighted by molar-refractivity contribution is 7.89. The third-order valence-corrected chi connectivity index (χ3v) is 6.08. The zero-order valence-electron chi connectivity index (χ0n) is 15.7. The van der Waals surface area contributed by atoms with E-state index in [1.54, 1.807) is 30.2 Å². The molecule has 144 valence electrons. The van der Waals surface area contributed by atoms with Crippen molar-refractivity contribution >= 4 is 21.6 Å². The molecule has 2 aromatic rings. The largest absolute Gasteiger partial charge is 0.380 e. The number of nitrogens with zero attached hydrogens (tertiary/aromatic N) is 1. The predicted octanol–water partition coefficient (Wildman–Crippen LogP) is 2.61. The lowest BCUT2D eigenvalue weighted by Crippen LogP contribution is -2.33. The maximum atomic E-state index is 12.7. The lowest BCUT2D eigenvalue weighted by molar-refractivity contribution is -0.116. The van der Waals surface area contributed by atoms with Crippen LogP contribution in [0, 0.1) is 0 Å². The minimum absolute atomic E-state index is 0.0342. The van der Waals surface area contributed by atoms with Crippen molar-refractivity contribution < 1.29 is 17.9 Å². The fourth-order valence-corrected chi connectivity index (χ4v) is 4.58. The fraction of sp³-hybridized carbons (Fsp3) is 0.350. The summed E-state index contributed by atoms with van der Waals surface area (Å²) in [4.78, 5) is 13.7. The molecule has 1 atom stereocenters. The Labute approximate surface area is 160 Å². The number of amides is 1. The van der Waals surface area contributed by atoms with Gasteiger partial charge in [0, 0.05) is 32.3 Å². The quantitative estimate of drug-likeness (QED) is 0.825. The molecule has 1 N–H and O–H groups in total. The minimum Gasteiger partial charge on any atom is -0.380 e. The van der Waals surface area contributed by atoms with Crippen LogP contribution in [0.1, 0.15) is 30.5 Å². The predicted molar refractivity (Wildman–Crippen MR) is 104 cm³/mol. The molecule has 1 aliphatic rings. The first-order valence-corrected chi connectivity index (χ1v) is 10.3. The Morgan fingerprint density at radius 1 is 1.22 bits per heavy atom. The summed E-state index contributed by atoms with van der Waals surface area (Å²) in [5.41, 5.74) is 3.53. The molecule has 1 amide bonds. The minimum atomic E-state index is -3.65. The Hall–Kier alpha value is -2.22. The molecular formula is C20H24N2O4S. The van der Waals surface area contributed by atoms with Crippen LogP contribution in [0.15, 0.2) is 47.4 Å². The SMILES string of the molecule is COCc1cccc(CNS(=O)(=O)c2ccc3c(c2)CC(C)N3C(C)=O)c1. The normalized spacial score (nSPS) is 16.4. The van der Waals surface area contributed by atoms with E-state index in [4.69, 9.17) is 4.74 Å². The highest BCUT2D eigenvalue weighted by atomic mass is 32.2. The lowest BCUT2D eigenvalue weighted by atomic mass is 10.1. The van der Waals surface area contributed by atoms with Crippen LogP contribution in [0.3, 0.4) is 0 Å². The maximum Gasteiger partial charge on any atom is 0.240 e. The Balaban J connectivity index is 1.77. The summed E-state index contributed by atoms with van der Waals surface area (Å²) in [6.07, 6.45) is 0.650. The Bertz CT molecular complexity index is 956. The second kappa shape index (κ2) is 7.80. The van der Waals surface area contributed by atoms with Crippen molar-refractivity contribution in [2.75, 3.05) is 12.0 Å². The summed E-state index contributed by atoms with van der Waals surface area (Å²) < 4.78 is 33.1. The van der Waals surface area contributed by atoms with E-state index in [0.717, 1.165) is 22.4 Å². The van der Waals surface area contributed by atoms with Gasteiger partial charge >= 0.3 is 0 Å². The molecule has 1 heterocycles. The van der Waals surface area contributed by atoms with Gasteiger partial charge in [0.25, 0.3) is 0 Å². The van der Waals surface area contributed by atoms with Crippen LogP contribution < -0.4 is 9.62 Å². The van der Waals surface area contributed by atoms with E-state index in [1.807, 2.05) is 31.2 Å². The van der Waals surface area contributed by atoms with Crippen LogP contribution in [-0.4, -0.2) is 27.5 Å². The number of nitrogens with one attached hydrogen (secondary N) is 1. The molecule has 0 saturated carbocycles. The summed E-state index contributed by atoms with van der Waals surface area (Å²) in [7, 11) is -2.02. The van der Waals surface area contributed by atoms with Crippen molar-refractivity contribution in [1.29, 1.82) is 0 Å². The van der Waals surface area contributed by atoms with E-state index < -0.39 is 10.0 Å². The van der Waals surface area contributed by atoms with Gasteiger partial charge in [0.05, 0.1) is 11.5 Å². The average Bonchev–Trinajstić information content (AvgIpc) is 2.96. The van der Waals surface area contributed by atoms with Crippen molar-refractivity contribution in [2.45, 2.75) is 44.4 Å². The third-order valence-electron chi connectivity index (χ3n) is 4.68. The molecule has 6 nitrogen and oxygen atoms in total. The number of methoxy groups -OCH3 is 1. The number of ether oxygens (including phenoxy) is 1. The molecule has 1 aliphatic heterocycles. The van der Waals surface area contributed by atoms with E-state index >= 15 is 0 Å². The van der Waals surface area contributed by atoms with Gasteiger partial charge in [-0.1, -0.05) is 24.3 Å². The molecule has 2 aromatic carbocycles. The third kappa shape index (κ3) is 4.21. The summed E-state index contributed by atoms with van der Waals surface area (Å²) in [5.74, 6) is -0.0362. The lowest BCUT2D eigenvalue weighted by Gasteiger charge is -2.20. The van der Waals surface area contributed by atoms with E-state index in [1.165, 1.54) is 6.92 Å². The van der Waals surface area contributed by atoms with Gasteiger partial charge in [0.1, 0.15) is 0 Å². The molecule has 0 bridgehead atoms.